The molecule has 1 aromatic rings. The molecule has 0 spiro atoms. The maximum Gasteiger partial charge on any atom is 0.415 e. The molecule has 1 fully saturated rings. The van der Waals surface area contributed by atoms with Crippen LogP contribution in [0.25, 0.3) is 0 Å². The second kappa shape index (κ2) is 5.49. The number of carbonyl (C=O) groups is 3. The number of ketones is 1. The van der Waals surface area contributed by atoms with E-state index in [4.69, 9.17) is 4.74 Å². The lowest BCUT2D eigenvalue weighted by Crippen LogP contribution is -2.33. The Balaban J connectivity index is 1.70. The Morgan fingerprint density at radius 1 is 1.31 bits per heavy atom. The normalized spacial score (nSPS) is 25.2. The molecular weight excluding hydrogens is 346 g/mol. The first-order chi connectivity index (χ1) is 12.3. The van der Waals surface area contributed by atoms with Gasteiger partial charge in [0.05, 0.1) is 23.0 Å². The van der Waals surface area contributed by atoms with Gasteiger partial charge in [-0.1, -0.05) is 6.92 Å². The van der Waals surface area contributed by atoms with E-state index in [1.165, 1.54) is 18.0 Å². The van der Waals surface area contributed by atoms with Gasteiger partial charge in [0.15, 0.2) is 0 Å². The lowest BCUT2D eigenvalue weighted by Gasteiger charge is -2.16. The summed E-state index contributed by atoms with van der Waals surface area (Å²) in [5.41, 5.74) is 0.545. The number of benzene rings is 1. The number of anilines is 2. The van der Waals surface area contributed by atoms with Crippen LogP contribution in [0.4, 0.5) is 25.0 Å². The molecule has 8 heteroatoms. The lowest BCUT2D eigenvalue weighted by molar-refractivity contribution is -0.141. The maximum absolute atomic E-state index is 14.5. The van der Waals surface area contributed by atoms with Gasteiger partial charge in [-0.2, -0.15) is 8.78 Å². The van der Waals surface area contributed by atoms with Crippen LogP contribution >= 0.6 is 0 Å². The number of carbonyl (C=O) groups excluding carboxylic acids is 3. The Morgan fingerprint density at radius 3 is 2.69 bits per heavy atom. The molecule has 3 aliphatic heterocycles. The maximum atomic E-state index is 14.5. The molecule has 3 aliphatic rings. The number of rotatable bonds is 4. The van der Waals surface area contributed by atoms with Gasteiger partial charge >= 0.3 is 17.9 Å². The molecule has 0 aliphatic carbocycles. The summed E-state index contributed by atoms with van der Waals surface area (Å²) in [5, 5.41) is 0. The van der Waals surface area contributed by atoms with E-state index in [0.717, 1.165) is 4.90 Å². The van der Waals surface area contributed by atoms with Crippen LogP contribution in [0.1, 0.15) is 37.3 Å². The number of amides is 2. The fourth-order valence-electron chi connectivity index (χ4n) is 4.12. The standard InChI is InChI=1S/C18H18F2N2O4/c1-3-9(23)4-7-14-13-8-10-11(22(13)17(25)26-14)5-6-12-15(10)18(19,20)16(24)21(12)2/h5-6,13-14H,3-4,7-8H2,1-2H3/t13-,14-/m0/s1. The van der Waals surface area contributed by atoms with E-state index < -0.39 is 30.1 Å². The van der Waals surface area contributed by atoms with E-state index >= 15 is 0 Å². The number of cyclic esters (lactones) is 1. The van der Waals surface area contributed by atoms with Crippen molar-refractivity contribution in [2.75, 3.05) is 16.8 Å². The Morgan fingerprint density at radius 2 is 2.00 bits per heavy atom. The molecule has 6 nitrogen and oxygen atoms in total. The van der Waals surface area contributed by atoms with Crippen molar-refractivity contribution in [1.29, 1.82) is 0 Å². The van der Waals surface area contributed by atoms with E-state index in [-0.39, 0.29) is 29.9 Å². The topological polar surface area (TPSA) is 66.9 Å². The highest BCUT2D eigenvalue weighted by molar-refractivity contribution is 6.07. The van der Waals surface area contributed by atoms with Crippen molar-refractivity contribution in [3.8, 4) is 0 Å². The van der Waals surface area contributed by atoms with Crippen molar-refractivity contribution in [3.63, 3.8) is 0 Å². The highest BCUT2D eigenvalue weighted by atomic mass is 19.3. The van der Waals surface area contributed by atoms with Gasteiger partial charge in [0.1, 0.15) is 11.9 Å². The second-order valence-electron chi connectivity index (χ2n) is 6.89. The van der Waals surface area contributed by atoms with Gasteiger partial charge in [0, 0.05) is 19.9 Å². The summed E-state index contributed by atoms with van der Waals surface area (Å²) in [6.07, 6.45) is 0.124. The number of hydrogen-bond acceptors (Lipinski definition) is 4. The average molecular weight is 364 g/mol. The number of fused-ring (bicyclic) bond motifs is 5. The molecule has 1 aromatic carbocycles. The predicted octanol–water partition coefficient (Wildman–Crippen LogP) is 2.76. The molecule has 3 heterocycles. The van der Waals surface area contributed by atoms with Crippen LogP contribution in [-0.2, 0) is 26.7 Å². The van der Waals surface area contributed by atoms with Crippen LogP contribution in [-0.4, -0.2) is 37.0 Å². The first kappa shape index (κ1) is 16.9. The Kier molecular flexibility index (Phi) is 3.58. The number of likely N-dealkylation sites (N-methyl/N-ethyl adjacent to an activating group) is 1. The molecule has 0 saturated carbocycles. The zero-order valence-electron chi connectivity index (χ0n) is 14.4. The Labute approximate surface area is 148 Å². The molecule has 0 aromatic heterocycles. The Bertz CT molecular complexity index is 839. The molecular formula is C18H18F2N2O4. The van der Waals surface area contributed by atoms with Crippen LogP contribution in [0.2, 0.25) is 0 Å². The first-order valence-corrected chi connectivity index (χ1v) is 8.61. The zero-order chi connectivity index (χ0) is 18.8. The third kappa shape index (κ3) is 2.10. The van der Waals surface area contributed by atoms with Gasteiger partial charge in [0.25, 0.3) is 0 Å². The molecule has 0 radical (unpaired) electrons. The largest absolute Gasteiger partial charge is 0.444 e. The van der Waals surface area contributed by atoms with E-state index in [0.29, 0.717) is 24.1 Å². The van der Waals surface area contributed by atoms with Gasteiger partial charge in [-0.05, 0) is 30.5 Å². The highest BCUT2D eigenvalue weighted by Gasteiger charge is 2.57. The first-order valence-electron chi connectivity index (χ1n) is 8.61. The molecule has 26 heavy (non-hydrogen) atoms. The van der Waals surface area contributed by atoms with Crippen LogP contribution in [0, 0.1) is 0 Å². The zero-order valence-corrected chi connectivity index (χ0v) is 14.4. The molecule has 4 rings (SSSR count). The monoisotopic (exact) mass is 364 g/mol. The van der Waals surface area contributed by atoms with Crippen molar-refractivity contribution < 1.29 is 27.9 Å². The summed E-state index contributed by atoms with van der Waals surface area (Å²) >= 11 is 0. The number of halogens is 2. The van der Waals surface area contributed by atoms with Crippen LogP contribution < -0.4 is 9.80 Å². The smallest absolute Gasteiger partial charge is 0.415 e. The Hall–Kier alpha value is -2.51. The van der Waals surface area contributed by atoms with Gasteiger partial charge in [0.2, 0.25) is 0 Å². The van der Waals surface area contributed by atoms with Gasteiger partial charge in [-0.3, -0.25) is 14.5 Å². The average Bonchev–Trinajstić information content (AvgIpc) is 3.19. The number of alkyl halides is 2. The van der Waals surface area contributed by atoms with E-state index in [1.54, 1.807) is 13.0 Å². The van der Waals surface area contributed by atoms with Crippen LogP contribution in [0.3, 0.4) is 0 Å². The molecule has 138 valence electrons. The fourth-order valence-corrected chi connectivity index (χ4v) is 4.12. The SMILES string of the molecule is CCC(=O)CC[C@@H]1OC(=O)N2c3ccc4c(c3C[C@@H]12)C(F)(F)C(=O)N4C. The van der Waals surface area contributed by atoms with Gasteiger partial charge in [-0.25, -0.2) is 4.79 Å². The van der Waals surface area contributed by atoms with Crippen molar-refractivity contribution in [2.45, 2.75) is 50.7 Å². The highest BCUT2D eigenvalue weighted by Crippen LogP contribution is 2.52. The lowest BCUT2D eigenvalue weighted by atomic mass is 9.95. The summed E-state index contributed by atoms with van der Waals surface area (Å²) in [6.45, 7) is 1.76. The van der Waals surface area contributed by atoms with Crippen molar-refractivity contribution in [2.24, 2.45) is 0 Å². The van der Waals surface area contributed by atoms with Crippen molar-refractivity contribution >= 4 is 29.2 Å². The number of nitrogens with zero attached hydrogens (tertiary/aromatic N) is 2. The third-order valence-corrected chi connectivity index (χ3v) is 5.50. The summed E-state index contributed by atoms with van der Waals surface area (Å²) < 4.78 is 34.4. The van der Waals surface area contributed by atoms with Gasteiger partial charge in [-0.15, -0.1) is 0 Å². The molecule has 0 bridgehead atoms. The molecule has 1 saturated heterocycles. The molecule has 2 amide bonds. The quantitative estimate of drug-likeness (QED) is 0.824. The van der Waals surface area contributed by atoms with E-state index in [2.05, 4.69) is 0 Å². The number of ether oxygens (including phenoxy) is 1. The van der Waals surface area contributed by atoms with E-state index in [1.807, 2.05) is 0 Å². The molecule has 0 N–H and O–H groups in total. The number of hydrogen-bond donors (Lipinski definition) is 0. The second-order valence-corrected chi connectivity index (χ2v) is 6.89. The summed E-state index contributed by atoms with van der Waals surface area (Å²) in [7, 11) is 1.32. The molecule has 2 atom stereocenters. The third-order valence-electron chi connectivity index (χ3n) is 5.50. The minimum Gasteiger partial charge on any atom is -0.444 e. The predicted molar refractivity (Wildman–Crippen MR) is 88.5 cm³/mol. The minimum absolute atomic E-state index is 0.0645. The van der Waals surface area contributed by atoms with Crippen LogP contribution in [0.15, 0.2) is 12.1 Å². The summed E-state index contributed by atoms with van der Waals surface area (Å²) in [4.78, 5) is 38.1. The minimum atomic E-state index is -3.60. The summed E-state index contributed by atoms with van der Waals surface area (Å²) in [6, 6.07) is 2.60. The molecule has 0 unspecified atom stereocenters. The van der Waals surface area contributed by atoms with Crippen LogP contribution in [0.5, 0.6) is 0 Å². The van der Waals surface area contributed by atoms with E-state index in [9.17, 15) is 23.2 Å². The number of Topliss-reactive ketones (excluding diaryl/α,β-unsaturated/α-hetero) is 1. The van der Waals surface area contributed by atoms with Crippen molar-refractivity contribution in [3.05, 3.63) is 23.3 Å². The van der Waals surface area contributed by atoms with Gasteiger partial charge < -0.3 is 9.64 Å². The van der Waals surface area contributed by atoms with Crippen molar-refractivity contribution in [1.82, 2.24) is 0 Å². The summed E-state index contributed by atoms with van der Waals surface area (Å²) in [5.74, 6) is -4.80. The fraction of sp³-hybridized carbons (Fsp3) is 0.500.